The van der Waals surface area contributed by atoms with E-state index >= 15 is 0 Å². The summed E-state index contributed by atoms with van der Waals surface area (Å²) in [6, 6.07) is 22.6. The van der Waals surface area contributed by atoms with E-state index in [0.717, 1.165) is 22.3 Å². The van der Waals surface area contributed by atoms with Gasteiger partial charge in [-0.2, -0.15) is 0 Å². The van der Waals surface area contributed by atoms with Gasteiger partial charge in [0.2, 0.25) is 0 Å². The number of aromatic nitrogens is 1. The molecule has 0 saturated carbocycles. The van der Waals surface area contributed by atoms with Crippen LogP contribution in [0.25, 0.3) is 21.3 Å². The first-order valence-corrected chi connectivity index (χ1v) is 6.62. The summed E-state index contributed by atoms with van der Waals surface area (Å²) in [4.78, 5) is 4.04. The Balaban J connectivity index is 1.94. The maximum atomic E-state index is 5.45. The molecule has 3 heteroatoms. The van der Waals surface area contributed by atoms with Crippen LogP contribution < -0.4 is 0 Å². The van der Waals surface area contributed by atoms with Crippen molar-refractivity contribution in [2.45, 2.75) is 6.54 Å². The van der Waals surface area contributed by atoms with E-state index in [1.807, 2.05) is 65.2 Å². The van der Waals surface area contributed by atoms with Crippen molar-refractivity contribution in [2.75, 3.05) is 0 Å². The lowest BCUT2D eigenvalue weighted by Crippen LogP contribution is -1.97. The van der Waals surface area contributed by atoms with Gasteiger partial charge in [0.15, 0.2) is 5.69 Å². The summed E-state index contributed by atoms with van der Waals surface area (Å²) in [5.74, 6) is 2.66. The number of hydrogen-bond acceptors (Lipinski definition) is 0. The highest BCUT2D eigenvalue weighted by Gasteiger charge is 2.08. The molecular formula is C18H13N3. The molecule has 0 spiro atoms. The zero-order chi connectivity index (χ0) is 14.5. The first kappa shape index (κ1) is 12.8. The normalized spacial score (nSPS) is 9.67. The molecule has 1 aromatic heterocycles. The van der Waals surface area contributed by atoms with Gasteiger partial charge in [0, 0.05) is 5.39 Å². The van der Waals surface area contributed by atoms with E-state index in [1.165, 1.54) is 0 Å². The molecule has 100 valence electrons. The number of hydrogen-bond donors (Lipinski definition) is 0. The third-order valence-electron chi connectivity index (χ3n) is 3.15. The fraction of sp³-hybridized carbons (Fsp3) is 0.0556. The highest BCUT2D eigenvalue weighted by Crippen LogP contribution is 2.21. The van der Waals surface area contributed by atoms with Crippen molar-refractivity contribution in [1.82, 2.24) is 4.57 Å². The van der Waals surface area contributed by atoms with Gasteiger partial charge in [0.1, 0.15) is 0 Å². The average molecular weight is 271 g/mol. The summed E-state index contributed by atoms with van der Waals surface area (Å²) in [6.45, 7) is 0.483. The topological polar surface area (TPSA) is 23.4 Å². The van der Waals surface area contributed by atoms with E-state index in [-0.39, 0.29) is 0 Å². The highest BCUT2D eigenvalue weighted by atomic mass is 15.3. The molecule has 0 amide bonds. The molecule has 0 saturated heterocycles. The van der Waals surface area contributed by atoms with Gasteiger partial charge in [0.05, 0.1) is 12.1 Å². The van der Waals surface area contributed by atoms with E-state index in [2.05, 4.69) is 22.4 Å². The molecule has 1 heterocycles. The second-order valence-electron chi connectivity index (χ2n) is 4.53. The maximum absolute atomic E-state index is 5.45. The fourth-order valence-electron chi connectivity index (χ4n) is 2.19. The van der Waals surface area contributed by atoms with Crippen LogP contribution in [0.15, 0.2) is 60.7 Å². The Morgan fingerprint density at radius 1 is 1.05 bits per heavy atom. The van der Waals surface area contributed by atoms with E-state index in [1.54, 1.807) is 0 Å². The lowest BCUT2D eigenvalue weighted by Gasteiger charge is -2.00. The minimum Gasteiger partial charge on any atom is -0.317 e. The molecule has 0 bridgehead atoms. The molecule has 3 aromatic rings. The third-order valence-corrected chi connectivity index (χ3v) is 3.15. The molecule has 3 rings (SSSR count). The van der Waals surface area contributed by atoms with Crippen LogP contribution >= 0.6 is 0 Å². The van der Waals surface area contributed by atoms with Crippen LogP contribution in [0.5, 0.6) is 0 Å². The highest BCUT2D eigenvalue weighted by molar-refractivity contribution is 5.82. The molecule has 0 aliphatic rings. The number of rotatable bonds is 2. The van der Waals surface area contributed by atoms with Crippen LogP contribution in [0, 0.1) is 18.4 Å². The number of fused-ring (bicyclic) bond motifs is 1. The van der Waals surface area contributed by atoms with Crippen LogP contribution in [0.4, 0.5) is 5.69 Å². The van der Waals surface area contributed by atoms with Crippen molar-refractivity contribution in [3.8, 4) is 18.4 Å². The minimum atomic E-state index is 0.483. The zero-order valence-corrected chi connectivity index (χ0v) is 11.4. The Labute approximate surface area is 123 Å². The largest absolute Gasteiger partial charge is 0.328 e. The minimum absolute atomic E-state index is 0.483. The van der Waals surface area contributed by atoms with Crippen molar-refractivity contribution in [2.24, 2.45) is 0 Å². The van der Waals surface area contributed by atoms with Crippen molar-refractivity contribution in [1.29, 1.82) is 0 Å². The Bertz CT molecular complexity index is 858. The summed E-state index contributed by atoms with van der Waals surface area (Å²) in [6.07, 6.45) is 5.45. The molecule has 0 aliphatic carbocycles. The Kier molecular flexibility index (Phi) is 3.58. The molecule has 2 aromatic carbocycles. The molecule has 0 unspecified atom stereocenters. The number of para-hydroxylation sites is 1. The van der Waals surface area contributed by atoms with Gasteiger partial charge in [-0.1, -0.05) is 65.1 Å². The van der Waals surface area contributed by atoms with Gasteiger partial charge in [0.25, 0.3) is 0 Å². The standard InChI is InChI=1S/C18H13N3/c1-2-12-21-17(13-15-8-6-7-11-18(15)21)14-19-20-16-9-4-3-5-10-16/h1,3-11,13H,12H2. The molecule has 0 radical (unpaired) electrons. The van der Waals surface area contributed by atoms with Gasteiger partial charge < -0.3 is 4.57 Å². The van der Waals surface area contributed by atoms with Crippen LogP contribution in [0.1, 0.15) is 5.69 Å². The lowest BCUT2D eigenvalue weighted by molar-refractivity contribution is 0.872. The molecule has 0 atom stereocenters. The average Bonchev–Trinajstić information content (AvgIpc) is 2.87. The Hall–Kier alpha value is -3.17. The number of benzene rings is 2. The SMILES string of the molecule is C#CCn1c(C#[N+][N-]c2ccccc2)cc2ccccc21. The van der Waals surface area contributed by atoms with Crippen LogP contribution in [0.3, 0.4) is 0 Å². The summed E-state index contributed by atoms with van der Waals surface area (Å²) in [5, 5.41) is 1.12. The van der Waals surface area contributed by atoms with E-state index < -0.39 is 0 Å². The second kappa shape index (κ2) is 5.86. The second-order valence-corrected chi connectivity index (χ2v) is 4.53. The summed E-state index contributed by atoms with van der Waals surface area (Å²) < 4.78 is 2.00. The molecule has 0 fully saturated rings. The predicted octanol–water partition coefficient (Wildman–Crippen LogP) is 4.58. The van der Waals surface area contributed by atoms with Crippen molar-refractivity contribution >= 4 is 16.6 Å². The smallest absolute Gasteiger partial charge is 0.317 e. The quantitative estimate of drug-likeness (QED) is 0.481. The van der Waals surface area contributed by atoms with Crippen molar-refractivity contribution in [3.63, 3.8) is 0 Å². The summed E-state index contributed by atoms with van der Waals surface area (Å²) >= 11 is 0. The van der Waals surface area contributed by atoms with Gasteiger partial charge >= 0.3 is 6.07 Å². The number of terminal acetylenes is 1. The maximum Gasteiger partial charge on any atom is 0.328 e. The van der Waals surface area contributed by atoms with E-state index in [9.17, 15) is 0 Å². The molecule has 0 aliphatic heterocycles. The van der Waals surface area contributed by atoms with E-state index in [4.69, 9.17) is 6.42 Å². The van der Waals surface area contributed by atoms with Gasteiger partial charge in [-0.3, -0.25) is 5.43 Å². The van der Waals surface area contributed by atoms with Crippen LogP contribution in [-0.4, -0.2) is 4.57 Å². The van der Waals surface area contributed by atoms with Gasteiger partial charge in [-0.05, 0) is 12.1 Å². The Morgan fingerprint density at radius 2 is 1.81 bits per heavy atom. The van der Waals surface area contributed by atoms with Crippen molar-refractivity contribution in [3.05, 3.63) is 76.7 Å². The first-order chi connectivity index (χ1) is 10.4. The van der Waals surface area contributed by atoms with Crippen LogP contribution in [-0.2, 0) is 6.54 Å². The fourth-order valence-corrected chi connectivity index (χ4v) is 2.19. The van der Waals surface area contributed by atoms with Gasteiger partial charge in [-0.25, -0.2) is 0 Å². The molecule has 21 heavy (non-hydrogen) atoms. The van der Waals surface area contributed by atoms with E-state index in [0.29, 0.717) is 6.54 Å². The first-order valence-electron chi connectivity index (χ1n) is 6.62. The lowest BCUT2D eigenvalue weighted by atomic mass is 10.2. The molecule has 3 nitrogen and oxygen atoms in total. The summed E-state index contributed by atoms with van der Waals surface area (Å²) in [5.41, 5.74) is 6.82. The Morgan fingerprint density at radius 3 is 2.62 bits per heavy atom. The van der Waals surface area contributed by atoms with Crippen LogP contribution in [0.2, 0.25) is 0 Å². The van der Waals surface area contributed by atoms with Gasteiger partial charge in [-0.15, -0.1) is 6.42 Å². The predicted molar refractivity (Wildman–Crippen MR) is 86.6 cm³/mol. The number of nitrogens with zero attached hydrogens (tertiary/aromatic N) is 3. The zero-order valence-electron chi connectivity index (χ0n) is 11.4. The molecular weight excluding hydrogens is 258 g/mol. The summed E-state index contributed by atoms with van der Waals surface area (Å²) in [7, 11) is 0. The van der Waals surface area contributed by atoms with Crippen molar-refractivity contribution < 1.29 is 0 Å². The third kappa shape index (κ3) is 2.73. The monoisotopic (exact) mass is 271 g/mol. The molecule has 0 N–H and O–H groups in total.